The highest BCUT2D eigenvalue weighted by Gasteiger charge is 2.10. The van der Waals surface area contributed by atoms with Gasteiger partial charge in [-0.2, -0.15) is 5.10 Å². The second-order valence-electron chi connectivity index (χ2n) is 6.37. The van der Waals surface area contributed by atoms with Crippen molar-refractivity contribution in [1.82, 2.24) is 24.6 Å². The molecular formula is C19H23N5O2. The molecule has 0 fully saturated rings. The molecule has 0 unspecified atom stereocenters. The molecule has 3 aromatic rings. The van der Waals surface area contributed by atoms with Gasteiger partial charge < -0.3 is 5.32 Å². The Bertz CT molecular complexity index is 956. The lowest BCUT2D eigenvalue weighted by atomic mass is 10.1. The average molecular weight is 353 g/mol. The zero-order valence-corrected chi connectivity index (χ0v) is 15.1. The van der Waals surface area contributed by atoms with Crippen LogP contribution in [0.4, 0.5) is 0 Å². The predicted molar refractivity (Wildman–Crippen MR) is 100.0 cm³/mol. The fourth-order valence-electron chi connectivity index (χ4n) is 2.78. The maximum absolute atomic E-state index is 12.7. The van der Waals surface area contributed by atoms with Crippen LogP contribution in [0.25, 0.3) is 11.0 Å². The van der Waals surface area contributed by atoms with E-state index in [4.69, 9.17) is 0 Å². The Kier molecular flexibility index (Phi) is 5.46. The van der Waals surface area contributed by atoms with Crippen molar-refractivity contribution >= 4 is 16.9 Å². The van der Waals surface area contributed by atoms with E-state index in [1.807, 2.05) is 38.1 Å². The van der Waals surface area contributed by atoms with Crippen LogP contribution in [0, 0.1) is 6.92 Å². The number of amides is 1. The topological polar surface area (TPSA) is 81.8 Å². The minimum absolute atomic E-state index is 0.0253. The first-order valence-corrected chi connectivity index (χ1v) is 8.81. The third-order valence-electron chi connectivity index (χ3n) is 4.22. The number of fused-ring (bicyclic) bond motifs is 1. The number of aryl methyl sites for hydroxylation is 1. The van der Waals surface area contributed by atoms with Gasteiger partial charge in [-0.1, -0.05) is 36.8 Å². The van der Waals surface area contributed by atoms with E-state index in [0.29, 0.717) is 37.1 Å². The average Bonchev–Trinajstić information content (AvgIpc) is 3.03. The normalized spacial score (nSPS) is 11.0. The lowest BCUT2D eigenvalue weighted by Crippen LogP contribution is -2.27. The van der Waals surface area contributed by atoms with E-state index in [1.54, 1.807) is 21.8 Å². The Morgan fingerprint density at radius 1 is 1.23 bits per heavy atom. The highest BCUT2D eigenvalue weighted by molar-refractivity contribution is 5.75. The van der Waals surface area contributed by atoms with Gasteiger partial charge in [0.15, 0.2) is 5.65 Å². The zero-order valence-electron chi connectivity index (χ0n) is 15.1. The third kappa shape index (κ3) is 3.99. The standard InChI is InChI=1S/C19H23N5O2/c1-3-4-17(25)20-9-10-24-18-16(11-22-24)19(26)23(13-21-18)12-15-7-5-14(2)6-8-15/h5-8,11,13H,3-4,9-10,12H2,1-2H3,(H,20,25). The van der Waals surface area contributed by atoms with Gasteiger partial charge in [0, 0.05) is 13.0 Å². The van der Waals surface area contributed by atoms with Gasteiger partial charge in [0.25, 0.3) is 5.56 Å². The summed E-state index contributed by atoms with van der Waals surface area (Å²) in [5.74, 6) is 0.0253. The van der Waals surface area contributed by atoms with Crippen molar-refractivity contribution in [3.63, 3.8) is 0 Å². The van der Waals surface area contributed by atoms with Crippen LogP contribution in [0.5, 0.6) is 0 Å². The first-order valence-electron chi connectivity index (χ1n) is 8.81. The summed E-state index contributed by atoms with van der Waals surface area (Å²) in [6, 6.07) is 8.07. The Balaban J connectivity index is 1.75. The van der Waals surface area contributed by atoms with Gasteiger partial charge in [-0.05, 0) is 18.9 Å². The minimum atomic E-state index is -0.114. The monoisotopic (exact) mass is 353 g/mol. The van der Waals surface area contributed by atoms with Crippen LogP contribution in [0.2, 0.25) is 0 Å². The number of carbonyl (C=O) groups excluding carboxylic acids is 1. The number of nitrogens with zero attached hydrogens (tertiary/aromatic N) is 4. The second kappa shape index (κ2) is 7.95. The number of carbonyl (C=O) groups is 1. The summed E-state index contributed by atoms with van der Waals surface area (Å²) in [4.78, 5) is 28.6. The van der Waals surface area contributed by atoms with E-state index in [1.165, 1.54) is 5.56 Å². The Morgan fingerprint density at radius 2 is 2.00 bits per heavy atom. The third-order valence-corrected chi connectivity index (χ3v) is 4.22. The number of nitrogens with one attached hydrogen (secondary N) is 1. The van der Waals surface area contributed by atoms with Crippen molar-refractivity contribution in [2.45, 2.75) is 39.8 Å². The summed E-state index contributed by atoms with van der Waals surface area (Å²) < 4.78 is 3.24. The summed E-state index contributed by atoms with van der Waals surface area (Å²) >= 11 is 0. The zero-order chi connectivity index (χ0) is 18.5. The number of hydrogen-bond donors (Lipinski definition) is 1. The Hall–Kier alpha value is -2.96. The Morgan fingerprint density at radius 3 is 2.73 bits per heavy atom. The molecule has 26 heavy (non-hydrogen) atoms. The van der Waals surface area contributed by atoms with Crippen LogP contribution >= 0.6 is 0 Å². The van der Waals surface area contributed by atoms with Crippen LogP contribution in [-0.4, -0.2) is 31.8 Å². The maximum atomic E-state index is 12.7. The number of rotatable bonds is 7. The van der Waals surface area contributed by atoms with Crippen molar-refractivity contribution in [2.75, 3.05) is 6.54 Å². The van der Waals surface area contributed by atoms with Crippen LogP contribution in [0.3, 0.4) is 0 Å². The van der Waals surface area contributed by atoms with Crippen molar-refractivity contribution in [3.8, 4) is 0 Å². The molecule has 0 radical (unpaired) electrons. The van der Waals surface area contributed by atoms with Crippen molar-refractivity contribution in [1.29, 1.82) is 0 Å². The molecule has 7 heteroatoms. The van der Waals surface area contributed by atoms with Gasteiger partial charge in [0.2, 0.25) is 5.91 Å². The lowest BCUT2D eigenvalue weighted by Gasteiger charge is -2.07. The van der Waals surface area contributed by atoms with E-state index in [9.17, 15) is 9.59 Å². The molecular weight excluding hydrogens is 330 g/mol. The van der Waals surface area contributed by atoms with Gasteiger partial charge in [0.1, 0.15) is 11.7 Å². The molecule has 0 aliphatic heterocycles. The van der Waals surface area contributed by atoms with E-state index in [2.05, 4.69) is 15.4 Å². The van der Waals surface area contributed by atoms with Crippen LogP contribution in [-0.2, 0) is 17.9 Å². The second-order valence-corrected chi connectivity index (χ2v) is 6.37. The lowest BCUT2D eigenvalue weighted by molar-refractivity contribution is -0.121. The van der Waals surface area contributed by atoms with Crippen LogP contribution < -0.4 is 10.9 Å². The molecule has 0 spiro atoms. The molecule has 0 bridgehead atoms. The van der Waals surface area contributed by atoms with Crippen molar-refractivity contribution in [3.05, 3.63) is 58.3 Å². The SMILES string of the molecule is CCCC(=O)NCCn1ncc2c(=O)n(Cc3ccc(C)cc3)cnc21. The molecule has 7 nitrogen and oxygen atoms in total. The Labute approximate surface area is 151 Å². The fraction of sp³-hybridized carbons (Fsp3) is 0.368. The maximum Gasteiger partial charge on any atom is 0.264 e. The fourth-order valence-corrected chi connectivity index (χ4v) is 2.78. The van der Waals surface area contributed by atoms with E-state index < -0.39 is 0 Å². The smallest absolute Gasteiger partial charge is 0.264 e. The van der Waals surface area contributed by atoms with Gasteiger partial charge >= 0.3 is 0 Å². The summed E-state index contributed by atoms with van der Waals surface area (Å²) in [5, 5.41) is 7.57. The summed E-state index contributed by atoms with van der Waals surface area (Å²) in [6.07, 6.45) is 4.43. The molecule has 2 heterocycles. The first kappa shape index (κ1) is 17.8. The molecule has 1 aromatic carbocycles. The molecule has 0 saturated carbocycles. The molecule has 1 N–H and O–H groups in total. The van der Waals surface area contributed by atoms with Gasteiger partial charge in [-0.15, -0.1) is 0 Å². The van der Waals surface area contributed by atoms with Crippen LogP contribution in [0.1, 0.15) is 30.9 Å². The number of aromatic nitrogens is 4. The molecule has 2 aromatic heterocycles. The van der Waals surface area contributed by atoms with Crippen LogP contribution in [0.15, 0.2) is 41.6 Å². The molecule has 0 aliphatic rings. The highest BCUT2D eigenvalue weighted by atomic mass is 16.1. The molecule has 0 saturated heterocycles. The van der Waals surface area contributed by atoms with E-state index >= 15 is 0 Å². The van der Waals surface area contributed by atoms with Gasteiger partial charge in [-0.25, -0.2) is 9.67 Å². The number of benzene rings is 1. The first-order chi connectivity index (χ1) is 12.6. The van der Waals surface area contributed by atoms with Crippen molar-refractivity contribution in [2.24, 2.45) is 0 Å². The summed E-state index contributed by atoms with van der Waals surface area (Å²) in [7, 11) is 0. The molecule has 136 valence electrons. The quantitative estimate of drug-likeness (QED) is 0.703. The molecule has 0 atom stereocenters. The molecule has 1 amide bonds. The summed E-state index contributed by atoms with van der Waals surface area (Å²) in [6.45, 7) is 5.41. The van der Waals surface area contributed by atoms with E-state index in [0.717, 1.165) is 12.0 Å². The van der Waals surface area contributed by atoms with Gasteiger partial charge in [0.05, 0.1) is 19.3 Å². The van der Waals surface area contributed by atoms with E-state index in [-0.39, 0.29) is 11.5 Å². The summed E-state index contributed by atoms with van der Waals surface area (Å²) in [5.41, 5.74) is 2.66. The largest absolute Gasteiger partial charge is 0.354 e. The van der Waals surface area contributed by atoms with Gasteiger partial charge in [-0.3, -0.25) is 14.2 Å². The minimum Gasteiger partial charge on any atom is -0.354 e. The van der Waals surface area contributed by atoms with Crippen molar-refractivity contribution < 1.29 is 4.79 Å². The predicted octanol–water partition coefficient (Wildman–Crippen LogP) is 1.87. The highest BCUT2D eigenvalue weighted by Crippen LogP contribution is 2.08. The molecule has 3 rings (SSSR count). The number of hydrogen-bond acceptors (Lipinski definition) is 4. The molecule has 0 aliphatic carbocycles.